The molecule has 0 saturated heterocycles. The van der Waals surface area contributed by atoms with Crippen LogP contribution in [0.1, 0.15) is 42.1 Å². The Bertz CT molecular complexity index is 1260. The third kappa shape index (κ3) is 4.94. The zero-order valence-corrected chi connectivity index (χ0v) is 19.4. The summed E-state index contributed by atoms with van der Waals surface area (Å²) >= 11 is 5.93. The number of amides is 2. The number of aryl methyl sites for hydroxylation is 1. The number of aliphatic carboxylic acids is 1. The largest absolute Gasteiger partial charge is 0.481 e. The lowest BCUT2D eigenvalue weighted by atomic mass is 9.67. The third-order valence-corrected chi connectivity index (χ3v) is 6.53. The normalized spacial score (nSPS) is 17.1. The first-order valence-electron chi connectivity index (χ1n) is 11.0. The summed E-state index contributed by atoms with van der Waals surface area (Å²) < 4.78 is 0. The van der Waals surface area contributed by atoms with Gasteiger partial charge in [0.15, 0.2) is 5.78 Å². The fraction of sp³-hybridized carbons (Fsp3) is 0.231. The van der Waals surface area contributed by atoms with Gasteiger partial charge in [0.1, 0.15) is 5.82 Å². The molecule has 1 aliphatic carbocycles. The van der Waals surface area contributed by atoms with E-state index in [2.05, 4.69) is 15.6 Å². The van der Waals surface area contributed by atoms with Crippen LogP contribution in [0.25, 0.3) is 11.1 Å². The molecule has 1 unspecified atom stereocenters. The molecule has 1 aromatic heterocycles. The van der Waals surface area contributed by atoms with Gasteiger partial charge in [0.05, 0.1) is 6.42 Å². The van der Waals surface area contributed by atoms with Crippen LogP contribution in [0, 0.1) is 5.41 Å². The summed E-state index contributed by atoms with van der Waals surface area (Å²) in [6.45, 7) is 1.87. The average molecular weight is 478 g/mol. The summed E-state index contributed by atoms with van der Waals surface area (Å²) in [5.74, 6) is -0.650. The fourth-order valence-corrected chi connectivity index (χ4v) is 4.57. The van der Waals surface area contributed by atoms with E-state index in [0.717, 1.165) is 16.7 Å². The summed E-state index contributed by atoms with van der Waals surface area (Å²) in [6.07, 6.45) is 3.18. The quantitative estimate of drug-likeness (QED) is 0.400. The van der Waals surface area contributed by atoms with E-state index in [1.807, 2.05) is 25.1 Å². The fourth-order valence-electron chi connectivity index (χ4n) is 4.38. The van der Waals surface area contributed by atoms with Gasteiger partial charge in [0, 0.05) is 33.4 Å². The second-order valence-electron chi connectivity index (χ2n) is 8.43. The minimum Gasteiger partial charge on any atom is -0.481 e. The molecule has 1 aliphatic rings. The van der Waals surface area contributed by atoms with Gasteiger partial charge in [-0.25, -0.2) is 9.78 Å². The van der Waals surface area contributed by atoms with Crippen LogP contribution >= 0.6 is 11.6 Å². The lowest BCUT2D eigenvalue weighted by Gasteiger charge is -2.34. The van der Waals surface area contributed by atoms with Gasteiger partial charge in [-0.3, -0.25) is 14.9 Å². The number of carboxylic acids is 1. The molecule has 4 rings (SSSR count). The molecule has 0 fully saturated rings. The SMILES string of the molecule is CCC1(CC(=O)O)CCc2cc(-c3ccc(NC(=O)Nc4cccc(Cl)c4)nc3)ccc2C1=O. The molecule has 0 aliphatic heterocycles. The van der Waals surface area contributed by atoms with Crippen LogP contribution in [0.2, 0.25) is 5.02 Å². The lowest BCUT2D eigenvalue weighted by molar-refractivity contribution is -0.139. The van der Waals surface area contributed by atoms with Crippen LogP contribution in [0.4, 0.5) is 16.3 Å². The Labute approximate surface area is 202 Å². The smallest absolute Gasteiger partial charge is 0.324 e. The number of nitrogens with zero attached hydrogens (tertiary/aromatic N) is 1. The molecule has 0 radical (unpaired) electrons. The van der Waals surface area contributed by atoms with Crippen molar-refractivity contribution in [2.24, 2.45) is 5.41 Å². The first-order chi connectivity index (χ1) is 16.3. The van der Waals surface area contributed by atoms with Crippen LogP contribution in [-0.2, 0) is 11.2 Å². The molecule has 0 spiro atoms. The number of ketones is 1. The molecule has 0 saturated carbocycles. The molecule has 2 aromatic carbocycles. The summed E-state index contributed by atoms with van der Waals surface area (Å²) in [5.41, 5.74) is 2.99. The van der Waals surface area contributed by atoms with E-state index in [9.17, 15) is 19.5 Å². The van der Waals surface area contributed by atoms with E-state index in [-0.39, 0.29) is 12.2 Å². The number of halogens is 1. The highest BCUT2D eigenvalue weighted by Crippen LogP contribution is 2.42. The van der Waals surface area contributed by atoms with Crippen molar-refractivity contribution < 1.29 is 19.5 Å². The number of fused-ring (bicyclic) bond motifs is 1. The van der Waals surface area contributed by atoms with Gasteiger partial charge in [-0.2, -0.15) is 0 Å². The highest BCUT2D eigenvalue weighted by atomic mass is 35.5. The summed E-state index contributed by atoms with van der Waals surface area (Å²) in [7, 11) is 0. The highest BCUT2D eigenvalue weighted by molar-refractivity contribution is 6.30. The van der Waals surface area contributed by atoms with E-state index < -0.39 is 17.4 Å². The predicted molar refractivity (Wildman–Crippen MR) is 131 cm³/mol. The van der Waals surface area contributed by atoms with Gasteiger partial charge in [0.25, 0.3) is 0 Å². The van der Waals surface area contributed by atoms with Crippen LogP contribution in [0.3, 0.4) is 0 Å². The van der Waals surface area contributed by atoms with E-state index >= 15 is 0 Å². The first-order valence-corrected chi connectivity index (χ1v) is 11.4. The number of hydrogen-bond acceptors (Lipinski definition) is 4. The van der Waals surface area contributed by atoms with Crippen LogP contribution in [0.5, 0.6) is 0 Å². The maximum Gasteiger partial charge on any atom is 0.324 e. The molecule has 3 aromatic rings. The second-order valence-corrected chi connectivity index (χ2v) is 8.86. The Morgan fingerprint density at radius 3 is 2.56 bits per heavy atom. The summed E-state index contributed by atoms with van der Waals surface area (Å²) in [5, 5.41) is 15.2. The van der Waals surface area contributed by atoms with Crippen molar-refractivity contribution in [3.8, 4) is 11.1 Å². The number of urea groups is 1. The molecular weight excluding hydrogens is 454 g/mol. The Hall–Kier alpha value is -3.71. The molecule has 3 N–H and O–H groups in total. The van der Waals surface area contributed by atoms with Gasteiger partial charge in [-0.05, 0) is 60.7 Å². The molecule has 34 heavy (non-hydrogen) atoms. The van der Waals surface area contributed by atoms with Crippen LogP contribution in [0.15, 0.2) is 60.8 Å². The monoisotopic (exact) mass is 477 g/mol. The number of nitrogens with one attached hydrogen (secondary N) is 2. The minimum absolute atomic E-state index is 0.0893. The zero-order chi connectivity index (χ0) is 24.3. The van der Waals surface area contributed by atoms with Crippen LogP contribution < -0.4 is 10.6 Å². The van der Waals surface area contributed by atoms with E-state index in [1.54, 1.807) is 42.6 Å². The maximum absolute atomic E-state index is 13.1. The number of anilines is 2. The Morgan fingerprint density at radius 2 is 1.88 bits per heavy atom. The third-order valence-electron chi connectivity index (χ3n) is 6.29. The number of pyridine rings is 1. The van der Waals surface area contributed by atoms with Gasteiger partial charge in [0.2, 0.25) is 0 Å². The first kappa shape index (κ1) is 23.4. The summed E-state index contributed by atoms with van der Waals surface area (Å²) in [6, 6.07) is 15.5. The standard InChI is InChI=1S/C26H24ClN3O4/c1-2-26(14-23(31)32)11-10-17-12-16(6-8-21(17)24(26)33)18-7-9-22(28-15-18)30-25(34)29-20-5-3-4-19(27)13-20/h3-9,12-13,15H,2,10-11,14H2,1H3,(H,31,32)(H2,28,29,30,34). The van der Waals surface area contributed by atoms with Gasteiger partial charge >= 0.3 is 12.0 Å². The van der Waals surface area contributed by atoms with Gasteiger partial charge in [-0.15, -0.1) is 0 Å². The number of hydrogen-bond donors (Lipinski definition) is 3. The average Bonchev–Trinajstić information content (AvgIpc) is 2.81. The molecule has 0 bridgehead atoms. The maximum atomic E-state index is 13.1. The predicted octanol–water partition coefficient (Wildman–Crippen LogP) is 6.05. The molecule has 8 heteroatoms. The highest BCUT2D eigenvalue weighted by Gasteiger charge is 2.42. The lowest BCUT2D eigenvalue weighted by Crippen LogP contribution is -2.37. The Balaban J connectivity index is 1.47. The second kappa shape index (κ2) is 9.65. The minimum atomic E-state index is -0.948. The molecule has 174 valence electrons. The van der Waals surface area contributed by atoms with Crippen molar-refractivity contribution in [1.29, 1.82) is 0 Å². The number of carbonyl (C=O) groups excluding carboxylic acids is 2. The number of Topliss-reactive ketones (excluding diaryl/α,β-unsaturated/α-hetero) is 1. The molecule has 2 amide bonds. The Kier molecular flexibility index (Phi) is 6.65. The molecule has 7 nitrogen and oxygen atoms in total. The van der Waals surface area contributed by atoms with Crippen molar-refractivity contribution >= 4 is 40.9 Å². The number of benzene rings is 2. The number of carbonyl (C=O) groups is 3. The van der Waals surface area contributed by atoms with Crippen molar-refractivity contribution in [3.63, 3.8) is 0 Å². The Morgan fingerprint density at radius 1 is 1.09 bits per heavy atom. The van der Waals surface area contributed by atoms with E-state index in [1.165, 1.54) is 0 Å². The van der Waals surface area contributed by atoms with Gasteiger partial charge < -0.3 is 10.4 Å². The number of aromatic nitrogens is 1. The number of rotatable bonds is 6. The zero-order valence-electron chi connectivity index (χ0n) is 18.6. The molecule has 1 heterocycles. The van der Waals surface area contributed by atoms with Crippen LogP contribution in [-0.4, -0.2) is 27.9 Å². The van der Waals surface area contributed by atoms with Gasteiger partial charge in [-0.1, -0.05) is 42.8 Å². The van der Waals surface area contributed by atoms with Crippen molar-refractivity contribution in [2.75, 3.05) is 10.6 Å². The van der Waals surface area contributed by atoms with Crippen molar-refractivity contribution in [2.45, 2.75) is 32.6 Å². The number of carboxylic acid groups (broad SMARTS) is 1. The van der Waals surface area contributed by atoms with E-state index in [4.69, 9.17) is 11.6 Å². The molecular formula is C26H24ClN3O4. The molecule has 1 atom stereocenters. The van der Waals surface area contributed by atoms with E-state index in [0.29, 0.717) is 41.4 Å². The summed E-state index contributed by atoms with van der Waals surface area (Å²) in [4.78, 5) is 41.0. The van der Waals surface area contributed by atoms with Crippen molar-refractivity contribution in [1.82, 2.24) is 4.98 Å². The van der Waals surface area contributed by atoms with Crippen molar-refractivity contribution in [3.05, 3.63) is 76.9 Å². The topological polar surface area (TPSA) is 108 Å².